The molecule has 3 N–H and O–H groups in total. The standard InChI is InChI=1S/C70H136O17P2/c1-7-10-12-14-16-17-18-19-23-26-29-35-41-47-53-68(73)81-59-66(86-69(74)54-48-42-36-30-27-24-21-20-22-25-28-34-39-45-51-63(6)9-3)61-85-89(78,79)83-57-64(71)56-82-88(76,77)84-60-65(58-80-67(72)52-46-40-32-15-13-11-8-2)87-70(75)55-49-43-37-31-33-38-44-50-62(4)5/h62-66,71H,7-61H2,1-6H3,(H,76,77)(H,78,79)/t63?,64-,65+,66+/m0/s1. The summed E-state index contributed by atoms with van der Waals surface area (Å²) in [5.41, 5.74) is 0. The molecule has 0 radical (unpaired) electrons. The van der Waals surface area contributed by atoms with Crippen LogP contribution in [0.3, 0.4) is 0 Å². The van der Waals surface area contributed by atoms with Gasteiger partial charge in [-0.2, -0.15) is 0 Å². The summed E-state index contributed by atoms with van der Waals surface area (Å²) in [4.78, 5) is 72.4. The van der Waals surface area contributed by atoms with Crippen molar-refractivity contribution in [3.8, 4) is 0 Å². The summed E-state index contributed by atoms with van der Waals surface area (Å²) >= 11 is 0. The van der Waals surface area contributed by atoms with Crippen LogP contribution in [0.15, 0.2) is 0 Å². The second kappa shape index (κ2) is 62.2. The molecule has 528 valence electrons. The van der Waals surface area contributed by atoms with Gasteiger partial charge in [0, 0.05) is 25.7 Å². The second-order valence-corrected chi connectivity index (χ2v) is 28.9. The van der Waals surface area contributed by atoms with Crippen molar-refractivity contribution < 1.29 is 80.2 Å². The zero-order valence-electron chi connectivity index (χ0n) is 57.7. The Balaban J connectivity index is 5.19. The fourth-order valence-electron chi connectivity index (χ4n) is 10.6. The lowest BCUT2D eigenvalue weighted by Crippen LogP contribution is -2.30. The summed E-state index contributed by atoms with van der Waals surface area (Å²) in [6.07, 6.45) is 47.3. The third kappa shape index (κ3) is 63.2. The summed E-state index contributed by atoms with van der Waals surface area (Å²) in [7, 11) is -9.89. The van der Waals surface area contributed by atoms with Gasteiger partial charge in [0.15, 0.2) is 12.2 Å². The third-order valence-electron chi connectivity index (χ3n) is 16.6. The first kappa shape index (κ1) is 87.1. The van der Waals surface area contributed by atoms with E-state index in [1.54, 1.807) is 0 Å². The van der Waals surface area contributed by atoms with Crippen LogP contribution in [0.5, 0.6) is 0 Å². The van der Waals surface area contributed by atoms with Gasteiger partial charge in [-0.05, 0) is 37.5 Å². The van der Waals surface area contributed by atoms with Crippen molar-refractivity contribution in [1.82, 2.24) is 0 Å². The molecule has 3 unspecified atom stereocenters. The Morgan fingerprint density at radius 1 is 0.326 bits per heavy atom. The Kier molecular flexibility index (Phi) is 60.8. The molecule has 0 aromatic heterocycles. The highest BCUT2D eigenvalue weighted by Crippen LogP contribution is 2.45. The highest BCUT2D eigenvalue weighted by atomic mass is 31.2. The molecule has 0 aromatic rings. The van der Waals surface area contributed by atoms with E-state index in [2.05, 4.69) is 41.5 Å². The first-order chi connectivity index (χ1) is 42.9. The topological polar surface area (TPSA) is 237 Å². The van der Waals surface area contributed by atoms with Crippen molar-refractivity contribution >= 4 is 39.5 Å². The monoisotopic (exact) mass is 1310 g/mol. The maximum atomic E-state index is 13.0. The van der Waals surface area contributed by atoms with E-state index in [9.17, 15) is 43.2 Å². The van der Waals surface area contributed by atoms with Crippen molar-refractivity contribution in [2.24, 2.45) is 11.8 Å². The van der Waals surface area contributed by atoms with Gasteiger partial charge in [-0.25, -0.2) is 9.13 Å². The molecule has 0 amide bonds. The van der Waals surface area contributed by atoms with E-state index < -0.39 is 97.5 Å². The Labute approximate surface area is 543 Å². The van der Waals surface area contributed by atoms with Gasteiger partial charge in [0.2, 0.25) is 0 Å². The number of hydrogen-bond donors (Lipinski definition) is 3. The van der Waals surface area contributed by atoms with Crippen molar-refractivity contribution in [1.29, 1.82) is 0 Å². The van der Waals surface area contributed by atoms with Crippen LogP contribution < -0.4 is 0 Å². The molecule has 19 heteroatoms. The number of hydrogen-bond acceptors (Lipinski definition) is 15. The average molecular weight is 1310 g/mol. The maximum absolute atomic E-state index is 13.0. The minimum absolute atomic E-state index is 0.103. The molecule has 0 rings (SSSR count). The molecule has 0 aliphatic heterocycles. The molecule has 0 spiro atoms. The number of carbonyl (C=O) groups is 4. The minimum atomic E-state index is -4.95. The van der Waals surface area contributed by atoms with Gasteiger partial charge in [0.1, 0.15) is 19.3 Å². The number of carbonyl (C=O) groups excluding carboxylic acids is 4. The van der Waals surface area contributed by atoms with Gasteiger partial charge < -0.3 is 33.8 Å². The van der Waals surface area contributed by atoms with E-state index in [1.807, 2.05) is 0 Å². The molecule has 89 heavy (non-hydrogen) atoms. The predicted octanol–water partition coefficient (Wildman–Crippen LogP) is 20.0. The van der Waals surface area contributed by atoms with Crippen molar-refractivity contribution in [3.63, 3.8) is 0 Å². The van der Waals surface area contributed by atoms with Crippen molar-refractivity contribution in [2.45, 2.75) is 374 Å². The highest BCUT2D eigenvalue weighted by Gasteiger charge is 2.30. The van der Waals surface area contributed by atoms with E-state index >= 15 is 0 Å². The first-order valence-electron chi connectivity index (χ1n) is 36.5. The fourth-order valence-corrected chi connectivity index (χ4v) is 12.1. The number of phosphoric acid groups is 2. The molecular weight excluding hydrogens is 1170 g/mol. The largest absolute Gasteiger partial charge is 0.472 e. The summed E-state index contributed by atoms with van der Waals surface area (Å²) in [5.74, 6) is -0.588. The molecule has 6 atom stereocenters. The van der Waals surface area contributed by atoms with E-state index in [0.29, 0.717) is 31.6 Å². The van der Waals surface area contributed by atoms with Crippen molar-refractivity contribution in [3.05, 3.63) is 0 Å². The number of unbranched alkanes of at least 4 members (excludes halogenated alkanes) is 38. The third-order valence-corrected chi connectivity index (χ3v) is 18.5. The predicted molar refractivity (Wildman–Crippen MR) is 358 cm³/mol. The Bertz CT molecular complexity index is 1740. The smallest absolute Gasteiger partial charge is 0.462 e. The molecular formula is C70H136O17P2. The summed E-state index contributed by atoms with van der Waals surface area (Å²) < 4.78 is 68.2. The van der Waals surface area contributed by atoms with Gasteiger partial charge >= 0.3 is 39.5 Å². The van der Waals surface area contributed by atoms with Crippen molar-refractivity contribution in [2.75, 3.05) is 39.6 Å². The van der Waals surface area contributed by atoms with Gasteiger partial charge in [0.25, 0.3) is 0 Å². The molecule has 17 nitrogen and oxygen atoms in total. The number of aliphatic hydroxyl groups is 1. The molecule has 0 aliphatic carbocycles. The molecule has 0 saturated carbocycles. The van der Waals surface area contributed by atoms with Crippen LogP contribution in [0, 0.1) is 11.8 Å². The van der Waals surface area contributed by atoms with Crippen LogP contribution in [-0.4, -0.2) is 96.7 Å². The lowest BCUT2D eigenvalue weighted by atomic mass is 9.99. The highest BCUT2D eigenvalue weighted by molar-refractivity contribution is 7.47. The minimum Gasteiger partial charge on any atom is -0.462 e. The number of aliphatic hydroxyl groups excluding tert-OH is 1. The lowest BCUT2D eigenvalue weighted by Gasteiger charge is -2.21. The van der Waals surface area contributed by atoms with E-state index in [1.165, 1.54) is 161 Å². The Morgan fingerprint density at radius 3 is 0.854 bits per heavy atom. The molecule has 0 fully saturated rings. The van der Waals surface area contributed by atoms with Crippen LogP contribution >= 0.6 is 15.6 Å². The van der Waals surface area contributed by atoms with E-state index in [0.717, 1.165) is 109 Å². The van der Waals surface area contributed by atoms with Crippen LogP contribution in [0.1, 0.15) is 356 Å². The Morgan fingerprint density at radius 2 is 0.573 bits per heavy atom. The molecule has 0 saturated heterocycles. The number of phosphoric ester groups is 2. The van der Waals surface area contributed by atoms with Gasteiger partial charge in [-0.15, -0.1) is 0 Å². The summed E-state index contributed by atoms with van der Waals surface area (Å²) in [6.45, 7) is 9.50. The molecule has 0 heterocycles. The normalized spacial score (nSPS) is 14.4. The number of ether oxygens (including phenoxy) is 4. The zero-order chi connectivity index (χ0) is 65.7. The first-order valence-corrected chi connectivity index (χ1v) is 39.5. The quantitative estimate of drug-likeness (QED) is 0.0222. The lowest BCUT2D eigenvalue weighted by molar-refractivity contribution is -0.161. The van der Waals surface area contributed by atoms with Crippen LogP contribution in [-0.2, 0) is 65.4 Å². The molecule has 0 bridgehead atoms. The molecule has 0 aromatic carbocycles. The van der Waals surface area contributed by atoms with Crippen LogP contribution in [0.2, 0.25) is 0 Å². The van der Waals surface area contributed by atoms with Gasteiger partial charge in [-0.1, -0.05) is 305 Å². The fraction of sp³-hybridized carbons (Fsp3) is 0.943. The SMILES string of the molecule is CCCCCCCCCCCCCCCCC(=O)OC[C@H](COP(=O)(O)OC[C@@H](O)COP(=O)(O)OC[C@@H](COC(=O)CCCCCCCCC)OC(=O)CCCCCCCCCC(C)C)OC(=O)CCCCCCCCCCCCCCCCC(C)CC. The number of rotatable bonds is 69. The van der Waals surface area contributed by atoms with Gasteiger partial charge in [0.05, 0.1) is 26.4 Å². The number of esters is 4. The second-order valence-electron chi connectivity index (χ2n) is 26.0. The van der Waals surface area contributed by atoms with E-state index in [4.69, 9.17) is 37.0 Å². The zero-order valence-corrected chi connectivity index (χ0v) is 59.5. The van der Waals surface area contributed by atoms with Crippen LogP contribution in [0.4, 0.5) is 0 Å². The van der Waals surface area contributed by atoms with E-state index in [-0.39, 0.29) is 25.7 Å². The summed E-state index contributed by atoms with van der Waals surface area (Å²) in [6, 6.07) is 0. The average Bonchev–Trinajstić information content (AvgIpc) is 3.64. The van der Waals surface area contributed by atoms with Crippen LogP contribution in [0.25, 0.3) is 0 Å². The maximum Gasteiger partial charge on any atom is 0.472 e. The summed E-state index contributed by atoms with van der Waals surface area (Å²) in [5, 5.41) is 10.6. The Hall–Kier alpha value is -1.94. The molecule has 0 aliphatic rings. The van der Waals surface area contributed by atoms with Gasteiger partial charge in [-0.3, -0.25) is 37.3 Å².